The van der Waals surface area contributed by atoms with E-state index in [1.54, 1.807) is 13.8 Å². The van der Waals surface area contributed by atoms with Crippen LogP contribution in [0.3, 0.4) is 0 Å². The molecule has 1 amide bonds. The lowest BCUT2D eigenvalue weighted by molar-refractivity contribution is -0.137. The summed E-state index contributed by atoms with van der Waals surface area (Å²) in [6.45, 7) is 3.55. The van der Waals surface area contributed by atoms with Crippen LogP contribution < -0.4 is 4.74 Å². The second-order valence-electron chi connectivity index (χ2n) is 5.50. The van der Waals surface area contributed by atoms with Crippen LogP contribution in [0.2, 0.25) is 0 Å². The van der Waals surface area contributed by atoms with Gasteiger partial charge in [-0.25, -0.2) is 10.5 Å². The number of aromatic nitrogens is 3. The van der Waals surface area contributed by atoms with Gasteiger partial charge in [0.2, 0.25) is 0 Å². The number of alkyl halides is 3. The monoisotopic (exact) mass is 355 g/mol. The van der Waals surface area contributed by atoms with Gasteiger partial charge in [0.1, 0.15) is 12.1 Å². The van der Waals surface area contributed by atoms with Gasteiger partial charge in [-0.2, -0.15) is 18.3 Å². The second kappa shape index (κ2) is 7.41. The Bertz CT molecular complexity index is 771. The molecule has 0 bridgehead atoms. The molecule has 7 nitrogen and oxygen atoms in total. The van der Waals surface area contributed by atoms with Crippen molar-refractivity contribution in [2.45, 2.75) is 39.1 Å². The van der Waals surface area contributed by atoms with E-state index in [1.165, 1.54) is 17.1 Å². The molecule has 2 aromatic rings. The molecule has 0 saturated heterocycles. The molecule has 2 rings (SSSR count). The number of rotatable bonds is 6. The van der Waals surface area contributed by atoms with Gasteiger partial charge in [-0.05, 0) is 32.0 Å². The molecule has 0 spiro atoms. The molecule has 0 aliphatic carbocycles. The fourth-order valence-electron chi connectivity index (χ4n) is 2.03. The fourth-order valence-corrected chi connectivity index (χ4v) is 2.03. The zero-order valence-corrected chi connectivity index (χ0v) is 13.5. The van der Waals surface area contributed by atoms with Crippen molar-refractivity contribution in [3.8, 4) is 17.1 Å². The predicted octanol–water partition coefficient (Wildman–Crippen LogP) is 3.70. The van der Waals surface area contributed by atoms with Gasteiger partial charge in [-0.1, -0.05) is 0 Å². The molecule has 25 heavy (non-hydrogen) atoms. The average molecular weight is 355 g/mol. The Morgan fingerprint density at radius 1 is 1.36 bits per heavy atom. The van der Waals surface area contributed by atoms with Crippen molar-refractivity contribution in [2.75, 3.05) is 0 Å². The van der Waals surface area contributed by atoms with E-state index in [4.69, 9.17) is 10.3 Å². The Balaban J connectivity index is 2.32. The molecule has 0 aliphatic rings. The Labute approximate surface area is 141 Å². The zero-order valence-electron chi connectivity index (χ0n) is 13.5. The van der Waals surface area contributed by atoms with Crippen LogP contribution in [0.1, 0.15) is 25.8 Å². The minimum absolute atomic E-state index is 0.0450. The molecule has 0 fully saturated rings. The van der Waals surface area contributed by atoms with Crippen molar-refractivity contribution in [3.63, 3.8) is 0 Å². The van der Waals surface area contributed by atoms with Crippen molar-refractivity contribution in [1.29, 1.82) is 5.53 Å². The van der Waals surface area contributed by atoms with Crippen LogP contribution in [0.4, 0.5) is 13.2 Å². The lowest BCUT2D eigenvalue weighted by Crippen LogP contribution is -2.09. The lowest BCUT2D eigenvalue weighted by Gasteiger charge is -2.14. The van der Waals surface area contributed by atoms with Crippen molar-refractivity contribution in [3.05, 3.63) is 30.1 Å². The normalized spacial score (nSPS) is 11.6. The van der Waals surface area contributed by atoms with E-state index < -0.39 is 17.6 Å². The first-order valence-corrected chi connectivity index (χ1v) is 7.38. The van der Waals surface area contributed by atoms with E-state index in [1.807, 2.05) is 0 Å². The molecule has 134 valence electrons. The number of benzene rings is 1. The van der Waals surface area contributed by atoms with Crippen LogP contribution in [0.5, 0.6) is 5.75 Å². The SMILES string of the molecule is CC(C)Oc1cc(-c2ncn(CCC(=O)N=N)n2)cc(C(F)(F)F)c1. The largest absolute Gasteiger partial charge is 0.491 e. The molecule has 0 saturated carbocycles. The van der Waals surface area contributed by atoms with E-state index >= 15 is 0 Å². The highest BCUT2D eigenvalue weighted by Crippen LogP contribution is 2.35. The Hall–Kier alpha value is -2.78. The molecular weight excluding hydrogens is 339 g/mol. The molecule has 0 unspecified atom stereocenters. The number of carbonyl (C=O) groups excluding carboxylic acids is 1. The first-order valence-electron chi connectivity index (χ1n) is 7.38. The third-order valence-electron chi connectivity index (χ3n) is 3.08. The van der Waals surface area contributed by atoms with Crippen LogP contribution in [0.15, 0.2) is 29.6 Å². The topological polar surface area (TPSA) is 93.2 Å². The fraction of sp³-hybridized carbons (Fsp3) is 0.400. The standard InChI is InChI=1S/C15H16F3N5O2/c1-9(2)25-12-6-10(5-11(7-12)15(16,17)18)14-20-8-23(22-14)4-3-13(24)21-19/h5-9,19H,3-4H2,1-2H3. The molecule has 1 N–H and O–H groups in total. The van der Waals surface area contributed by atoms with Crippen LogP contribution >= 0.6 is 0 Å². The smallest absolute Gasteiger partial charge is 0.416 e. The van der Waals surface area contributed by atoms with Crippen molar-refractivity contribution in [2.24, 2.45) is 5.11 Å². The Morgan fingerprint density at radius 3 is 2.68 bits per heavy atom. The average Bonchev–Trinajstić information content (AvgIpc) is 2.99. The van der Waals surface area contributed by atoms with Gasteiger partial charge in [0.25, 0.3) is 5.91 Å². The number of carbonyl (C=O) groups is 1. The molecule has 0 aliphatic heterocycles. The maximum absolute atomic E-state index is 13.1. The first kappa shape index (κ1) is 18.6. The molecule has 10 heteroatoms. The highest BCUT2D eigenvalue weighted by molar-refractivity contribution is 5.75. The summed E-state index contributed by atoms with van der Waals surface area (Å²) in [7, 11) is 0. The summed E-state index contributed by atoms with van der Waals surface area (Å²) >= 11 is 0. The minimum Gasteiger partial charge on any atom is -0.491 e. The molecule has 1 aromatic carbocycles. The van der Waals surface area contributed by atoms with E-state index in [2.05, 4.69) is 15.2 Å². The van der Waals surface area contributed by atoms with Crippen LogP contribution in [-0.2, 0) is 17.5 Å². The summed E-state index contributed by atoms with van der Waals surface area (Å²) < 4.78 is 45.9. The zero-order chi connectivity index (χ0) is 18.6. The number of aryl methyl sites for hydroxylation is 1. The quantitative estimate of drug-likeness (QED) is 0.800. The van der Waals surface area contributed by atoms with Crippen LogP contribution in [0, 0.1) is 5.53 Å². The van der Waals surface area contributed by atoms with E-state index in [0.29, 0.717) is 0 Å². The first-order chi connectivity index (χ1) is 11.7. The van der Waals surface area contributed by atoms with Gasteiger partial charge in [-0.3, -0.25) is 9.48 Å². The van der Waals surface area contributed by atoms with Gasteiger partial charge in [0, 0.05) is 5.56 Å². The molecule has 0 atom stereocenters. The van der Waals surface area contributed by atoms with E-state index in [9.17, 15) is 18.0 Å². The number of ether oxygens (including phenoxy) is 1. The molecule has 1 aromatic heterocycles. The number of halogens is 3. The second-order valence-corrected chi connectivity index (χ2v) is 5.50. The third kappa shape index (κ3) is 5.10. The van der Waals surface area contributed by atoms with Crippen molar-refractivity contribution >= 4 is 5.91 Å². The molecule has 1 heterocycles. The summed E-state index contributed by atoms with van der Waals surface area (Å²) in [5.41, 5.74) is 5.88. The van der Waals surface area contributed by atoms with Crippen molar-refractivity contribution < 1.29 is 22.7 Å². The van der Waals surface area contributed by atoms with E-state index in [0.717, 1.165) is 12.1 Å². The Kier molecular flexibility index (Phi) is 5.50. The highest BCUT2D eigenvalue weighted by atomic mass is 19.4. The highest BCUT2D eigenvalue weighted by Gasteiger charge is 2.32. The van der Waals surface area contributed by atoms with Gasteiger partial charge >= 0.3 is 6.18 Å². The summed E-state index contributed by atoms with van der Waals surface area (Å²) in [6.07, 6.45) is -3.57. The van der Waals surface area contributed by atoms with E-state index in [-0.39, 0.29) is 36.2 Å². The summed E-state index contributed by atoms with van der Waals surface area (Å²) in [4.78, 5) is 15.0. The number of nitrogens with zero attached hydrogens (tertiary/aromatic N) is 4. The minimum atomic E-state index is -4.53. The lowest BCUT2D eigenvalue weighted by atomic mass is 10.1. The summed E-state index contributed by atoms with van der Waals surface area (Å²) in [6, 6.07) is 3.30. The van der Waals surface area contributed by atoms with Crippen LogP contribution in [0.25, 0.3) is 11.4 Å². The number of hydrogen-bond acceptors (Lipinski definition) is 5. The summed E-state index contributed by atoms with van der Waals surface area (Å²) in [5, 5.41) is 6.81. The predicted molar refractivity (Wildman–Crippen MR) is 81.0 cm³/mol. The van der Waals surface area contributed by atoms with Gasteiger partial charge in [-0.15, -0.1) is 5.11 Å². The van der Waals surface area contributed by atoms with Crippen LogP contribution in [-0.4, -0.2) is 26.8 Å². The van der Waals surface area contributed by atoms with Gasteiger partial charge < -0.3 is 4.74 Å². The molecular formula is C15H16F3N5O2. The Morgan fingerprint density at radius 2 is 2.08 bits per heavy atom. The maximum atomic E-state index is 13.1. The maximum Gasteiger partial charge on any atom is 0.416 e. The van der Waals surface area contributed by atoms with Gasteiger partial charge in [0.05, 0.1) is 24.6 Å². The number of amides is 1. The number of hydrogen-bond donors (Lipinski definition) is 1. The summed E-state index contributed by atoms with van der Waals surface area (Å²) in [5.74, 6) is -0.474. The number of nitrogens with one attached hydrogen (secondary N) is 1. The molecule has 0 radical (unpaired) electrons. The van der Waals surface area contributed by atoms with Crippen molar-refractivity contribution in [1.82, 2.24) is 14.8 Å². The third-order valence-corrected chi connectivity index (χ3v) is 3.08. The van der Waals surface area contributed by atoms with Gasteiger partial charge in [0.15, 0.2) is 5.82 Å².